The average Bonchev–Trinajstić information content (AvgIpc) is 2.46. The molecule has 0 saturated carbocycles. The average molecular weight is 309 g/mol. The number of nitrogens with zero attached hydrogens (tertiary/aromatic N) is 3. The third-order valence-corrected chi connectivity index (χ3v) is 3.93. The summed E-state index contributed by atoms with van der Waals surface area (Å²) in [6.07, 6.45) is 5.90. The predicted molar refractivity (Wildman–Crippen MR) is 81.5 cm³/mol. The molecule has 1 aliphatic rings. The van der Waals surface area contributed by atoms with Gasteiger partial charge in [0.1, 0.15) is 11.5 Å². The molecule has 0 aliphatic heterocycles. The zero-order valence-electron chi connectivity index (χ0n) is 11.1. The minimum Gasteiger partial charge on any atom is -0.373 e. The van der Waals surface area contributed by atoms with E-state index in [-0.39, 0.29) is 0 Å². The molecular weight excluding hydrogens is 295 g/mol. The van der Waals surface area contributed by atoms with E-state index in [0.29, 0.717) is 21.6 Å². The number of anilines is 1. The first-order chi connectivity index (χ1) is 9.69. The van der Waals surface area contributed by atoms with Crippen molar-refractivity contribution < 1.29 is 0 Å². The van der Waals surface area contributed by atoms with Gasteiger partial charge in [-0.25, -0.2) is 15.0 Å². The highest BCUT2D eigenvalue weighted by Gasteiger charge is 2.19. The summed E-state index contributed by atoms with van der Waals surface area (Å²) in [7, 11) is 1.87. The third-order valence-electron chi connectivity index (χ3n) is 3.44. The lowest BCUT2D eigenvalue weighted by Gasteiger charge is -2.18. The maximum absolute atomic E-state index is 6.20. The molecule has 2 heterocycles. The van der Waals surface area contributed by atoms with Crippen LogP contribution in [0.5, 0.6) is 0 Å². The van der Waals surface area contributed by atoms with E-state index in [1.165, 1.54) is 12.0 Å². The molecule has 2 aromatic heterocycles. The summed E-state index contributed by atoms with van der Waals surface area (Å²) >= 11 is 12.1. The summed E-state index contributed by atoms with van der Waals surface area (Å²) in [5.41, 5.74) is 2.88. The van der Waals surface area contributed by atoms with Crippen molar-refractivity contribution in [3.63, 3.8) is 0 Å². The number of hydrogen-bond acceptors (Lipinski definition) is 4. The van der Waals surface area contributed by atoms with Gasteiger partial charge in [0.2, 0.25) is 0 Å². The fourth-order valence-corrected chi connectivity index (χ4v) is 2.95. The van der Waals surface area contributed by atoms with Gasteiger partial charge in [0.25, 0.3) is 0 Å². The van der Waals surface area contributed by atoms with Gasteiger partial charge in [0.05, 0.1) is 10.0 Å². The summed E-state index contributed by atoms with van der Waals surface area (Å²) in [6, 6.07) is 1.66. The van der Waals surface area contributed by atoms with Crippen LogP contribution in [0.25, 0.3) is 11.5 Å². The molecule has 1 N–H and O–H groups in total. The largest absolute Gasteiger partial charge is 0.373 e. The molecule has 0 aromatic carbocycles. The maximum atomic E-state index is 6.20. The van der Waals surface area contributed by atoms with Crippen molar-refractivity contribution in [1.82, 2.24) is 15.0 Å². The summed E-state index contributed by atoms with van der Waals surface area (Å²) in [5.74, 6) is 1.43. The van der Waals surface area contributed by atoms with E-state index < -0.39 is 0 Å². The second-order valence-electron chi connectivity index (χ2n) is 4.76. The van der Waals surface area contributed by atoms with Crippen LogP contribution in [-0.4, -0.2) is 22.0 Å². The molecule has 0 unspecified atom stereocenters. The van der Waals surface area contributed by atoms with Gasteiger partial charge in [-0.2, -0.15) is 0 Å². The standard InChI is InChI=1S/C14H14Cl2N4/c1-17-13-9-4-2-3-5-11(9)19-14(20-13)12-10(16)6-8(15)7-18-12/h6-7H,2-5H2,1H3,(H,17,19,20). The van der Waals surface area contributed by atoms with Gasteiger partial charge in [0.15, 0.2) is 5.82 Å². The molecule has 1 aliphatic carbocycles. The topological polar surface area (TPSA) is 50.7 Å². The van der Waals surface area contributed by atoms with E-state index >= 15 is 0 Å². The minimum atomic E-state index is 0.468. The molecule has 0 bridgehead atoms. The predicted octanol–water partition coefficient (Wildman–Crippen LogP) is 3.77. The van der Waals surface area contributed by atoms with Crippen molar-refractivity contribution in [2.75, 3.05) is 12.4 Å². The lowest BCUT2D eigenvalue weighted by molar-refractivity contribution is 0.665. The Hall–Kier alpha value is -1.39. The van der Waals surface area contributed by atoms with E-state index in [2.05, 4.69) is 20.3 Å². The fourth-order valence-electron chi connectivity index (χ4n) is 2.49. The monoisotopic (exact) mass is 308 g/mol. The first-order valence-electron chi connectivity index (χ1n) is 6.58. The Balaban J connectivity index is 2.14. The van der Waals surface area contributed by atoms with Crippen molar-refractivity contribution in [3.05, 3.63) is 33.6 Å². The molecular formula is C14H14Cl2N4. The van der Waals surface area contributed by atoms with E-state index in [1.807, 2.05) is 7.05 Å². The molecule has 0 atom stereocenters. The smallest absolute Gasteiger partial charge is 0.181 e. The van der Waals surface area contributed by atoms with Crippen molar-refractivity contribution >= 4 is 29.0 Å². The number of pyridine rings is 1. The van der Waals surface area contributed by atoms with Crippen LogP contribution in [-0.2, 0) is 12.8 Å². The summed E-state index contributed by atoms with van der Waals surface area (Å²) in [5, 5.41) is 4.12. The van der Waals surface area contributed by atoms with Gasteiger partial charge in [-0.05, 0) is 31.7 Å². The molecule has 0 radical (unpaired) electrons. The van der Waals surface area contributed by atoms with E-state index in [9.17, 15) is 0 Å². The molecule has 0 amide bonds. The molecule has 104 valence electrons. The van der Waals surface area contributed by atoms with Crippen LogP contribution in [0, 0.1) is 0 Å². The molecule has 0 saturated heterocycles. The van der Waals surface area contributed by atoms with Crippen LogP contribution in [0.4, 0.5) is 5.82 Å². The van der Waals surface area contributed by atoms with Crippen LogP contribution >= 0.6 is 23.2 Å². The van der Waals surface area contributed by atoms with Crippen LogP contribution in [0.15, 0.2) is 12.3 Å². The summed E-state index contributed by atoms with van der Waals surface area (Å²) < 4.78 is 0. The van der Waals surface area contributed by atoms with Crippen molar-refractivity contribution in [1.29, 1.82) is 0 Å². The van der Waals surface area contributed by atoms with Gasteiger partial charge in [-0.1, -0.05) is 23.2 Å². The Bertz CT molecular complexity index is 641. The molecule has 0 spiro atoms. The lowest BCUT2D eigenvalue weighted by Crippen LogP contribution is -2.12. The summed E-state index contributed by atoms with van der Waals surface area (Å²) in [6.45, 7) is 0. The van der Waals surface area contributed by atoms with Crippen molar-refractivity contribution in [2.45, 2.75) is 25.7 Å². The fraction of sp³-hybridized carbons (Fsp3) is 0.357. The number of aryl methyl sites for hydroxylation is 1. The Morgan fingerprint density at radius 3 is 2.70 bits per heavy atom. The van der Waals surface area contributed by atoms with Gasteiger partial charge < -0.3 is 5.32 Å². The van der Waals surface area contributed by atoms with Gasteiger partial charge in [0, 0.05) is 24.5 Å². The first kappa shape index (κ1) is 13.6. The van der Waals surface area contributed by atoms with E-state index in [4.69, 9.17) is 23.2 Å². The number of rotatable bonds is 2. The van der Waals surface area contributed by atoms with Crippen molar-refractivity contribution in [3.8, 4) is 11.5 Å². The van der Waals surface area contributed by atoms with Gasteiger partial charge >= 0.3 is 0 Å². The minimum absolute atomic E-state index is 0.468. The quantitative estimate of drug-likeness (QED) is 0.917. The van der Waals surface area contributed by atoms with Gasteiger partial charge in [-0.3, -0.25) is 0 Å². The molecule has 6 heteroatoms. The Morgan fingerprint density at radius 1 is 1.15 bits per heavy atom. The zero-order valence-corrected chi connectivity index (χ0v) is 12.6. The van der Waals surface area contributed by atoms with Crippen molar-refractivity contribution in [2.24, 2.45) is 0 Å². The zero-order chi connectivity index (χ0) is 14.1. The third kappa shape index (κ3) is 2.45. The SMILES string of the molecule is CNc1nc(-c2ncc(Cl)cc2Cl)nc2c1CCCC2. The highest BCUT2D eigenvalue weighted by molar-refractivity contribution is 6.35. The highest BCUT2D eigenvalue weighted by atomic mass is 35.5. The lowest BCUT2D eigenvalue weighted by atomic mass is 9.96. The summed E-state index contributed by atoms with van der Waals surface area (Å²) in [4.78, 5) is 13.5. The molecule has 20 heavy (non-hydrogen) atoms. The number of nitrogens with one attached hydrogen (secondary N) is 1. The van der Waals surface area contributed by atoms with Crippen LogP contribution in [0.2, 0.25) is 10.0 Å². The van der Waals surface area contributed by atoms with E-state index in [0.717, 1.165) is 30.8 Å². The van der Waals surface area contributed by atoms with E-state index in [1.54, 1.807) is 12.3 Å². The van der Waals surface area contributed by atoms with Crippen LogP contribution < -0.4 is 5.32 Å². The number of hydrogen-bond donors (Lipinski definition) is 1. The molecule has 4 nitrogen and oxygen atoms in total. The second-order valence-corrected chi connectivity index (χ2v) is 5.61. The number of halogens is 2. The Labute approximate surface area is 127 Å². The Kier molecular flexibility index (Phi) is 3.76. The maximum Gasteiger partial charge on any atom is 0.181 e. The number of fused-ring (bicyclic) bond motifs is 1. The van der Waals surface area contributed by atoms with Crippen LogP contribution in [0.1, 0.15) is 24.1 Å². The molecule has 3 rings (SSSR count). The molecule has 2 aromatic rings. The van der Waals surface area contributed by atoms with Crippen LogP contribution in [0.3, 0.4) is 0 Å². The highest BCUT2D eigenvalue weighted by Crippen LogP contribution is 2.30. The normalized spacial score (nSPS) is 13.9. The first-order valence-corrected chi connectivity index (χ1v) is 7.33. The Morgan fingerprint density at radius 2 is 1.95 bits per heavy atom. The number of aromatic nitrogens is 3. The molecule has 0 fully saturated rings. The van der Waals surface area contributed by atoms with Gasteiger partial charge in [-0.15, -0.1) is 0 Å². The second kappa shape index (κ2) is 5.54.